The van der Waals surface area contributed by atoms with Gasteiger partial charge in [0.2, 0.25) is 5.95 Å². The van der Waals surface area contributed by atoms with Crippen molar-refractivity contribution >= 4 is 15.8 Å². The second-order valence-electron chi connectivity index (χ2n) is 8.60. The maximum Gasteiger partial charge on any atom is 0.258 e. The van der Waals surface area contributed by atoms with E-state index in [9.17, 15) is 13.2 Å². The molecule has 0 aliphatic carbocycles. The highest BCUT2D eigenvalue weighted by atomic mass is 32.2. The molecule has 1 aromatic carbocycles. The molecule has 8 nitrogen and oxygen atoms in total. The highest BCUT2D eigenvalue weighted by molar-refractivity contribution is 7.90. The monoisotopic (exact) mass is 482 g/mol. The quantitative estimate of drug-likeness (QED) is 0.509. The first-order chi connectivity index (χ1) is 16.3. The van der Waals surface area contributed by atoms with Crippen LogP contribution in [0.1, 0.15) is 38.7 Å². The first kappa shape index (κ1) is 23.9. The van der Waals surface area contributed by atoms with E-state index in [1.165, 1.54) is 22.8 Å². The summed E-state index contributed by atoms with van der Waals surface area (Å²) in [7, 11) is -3.29. The van der Waals surface area contributed by atoms with Crippen LogP contribution in [-0.4, -0.2) is 47.9 Å². The Morgan fingerprint density at radius 1 is 1.09 bits per heavy atom. The van der Waals surface area contributed by atoms with E-state index in [1.54, 1.807) is 24.4 Å². The molecule has 3 heterocycles. The number of benzene rings is 1. The van der Waals surface area contributed by atoms with Crippen molar-refractivity contribution < 1.29 is 13.2 Å². The number of sulfone groups is 1. The van der Waals surface area contributed by atoms with Crippen LogP contribution in [0.2, 0.25) is 0 Å². The van der Waals surface area contributed by atoms with Crippen LogP contribution in [0.5, 0.6) is 5.75 Å². The van der Waals surface area contributed by atoms with Crippen LogP contribution in [0.3, 0.4) is 0 Å². The van der Waals surface area contributed by atoms with Crippen molar-refractivity contribution in [2.24, 2.45) is 0 Å². The zero-order valence-electron chi connectivity index (χ0n) is 19.7. The fourth-order valence-corrected chi connectivity index (χ4v) is 4.87. The smallest absolute Gasteiger partial charge is 0.258 e. The van der Waals surface area contributed by atoms with Crippen LogP contribution in [0, 0.1) is 0 Å². The number of nitrogens with zero attached hydrogens (tertiary/aromatic N) is 4. The minimum absolute atomic E-state index is 0.000379. The third kappa shape index (κ3) is 5.30. The molecule has 1 saturated heterocycles. The summed E-state index contributed by atoms with van der Waals surface area (Å²) in [5.74, 6) is 1.29. The molecule has 0 radical (unpaired) electrons. The summed E-state index contributed by atoms with van der Waals surface area (Å²) in [4.78, 5) is 24.3. The number of piperidine rings is 1. The van der Waals surface area contributed by atoms with Gasteiger partial charge >= 0.3 is 0 Å². The Hall–Kier alpha value is -3.20. The molecule has 180 valence electrons. The minimum atomic E-state index is -3.29. The van der Waals surface area contributed by atoms with Gasteiger partial charge in [-0.15, -0.1) is 0 Å². The Bertz CT molecular complexity index is 1290. The van der Waals surface area contributed by atoms with Crippen molar-refractivity contribution in [3.8, 4) is 11.4 Å². The van der Waals surface area contributed by atoms with Crippen molar-refractivity contribution in [2.75, 3.05) is 17.7 Å². The molecule has 2 aromatic heterocycles. The van der Waals surface area contributed by atoms with Crippen LogP contribution < -0.4 is 15.2 Å². The van der Waals surface area contributed by atoms with E-state index in [1.807, 2.05) is 12.4 Å². The molecule has 3 aromatic rings. The highest BCUT2D eigenvalue weighted by Gasteiger charge is 2.30. The fraction of sp³-hybridized carbons (Fsp3) is 0.400. The summed E-state index contributed by atoms with van der Waals surface area (Å²) in [6, 6.07) is 9.75. The van der Waals surface area contributed by atoms with Gasteiger partial charge in [-0.3, -0.25) is 9.36 Å². The lowest BCUT2D eigenvalue weighted by molar-refractivity contribution is 0.150. The number of aryl methyl sites for hydroxylation is 1. The van der Waals surface area contributed by atoms with Gasteiger partial charge in [0.1, 0.15) is 11.9 Å². The lowest BCUT2D eigenvalue weighted by Gasteiger charge is -2.39. The van der Waals surface area contributed by atoms with Crippen LogP contribution in [0.25, 0.3) is 5.69 Å². The molecule has 1 aliphatic rings. The summed E-state index contributed by atoms with van der Waals surface area (Å²) in [6.07, 6.45) is 10.1. The van der Waals surface area contributed by atoms with Crippen LogP contribution in [-0.2, 0) is 16.3 Å². The topological polar surface area (TPSA) is 94.4 Å². The van der Waals surface area contributed by atoms with E-state index in [-0.39, 0.29) is 22.6 Å². The van der Waals surface area contributed by atoms with Crippen molar-refractivity contribution in [1.82, 2.24) is 14.5 Å². The van der Waals surface area contributed by atoms with E-state index in [0.717, 1.165) is 50.0 Å². The van der Waals surface area contributed by atoms with Gasteiger partial charge in [-0.05, 0) is 48.7 Å². The Balaban J connectivity index is 1.44. The molecule has 0 amide bonds. The largest absolute Gasteiger partial charge is 0.490 e. The molecule has 1 aliphatic heterocycles. The maximum atomic E-state index is 12.7. The van der Waals surface area contributed by atoms with Crippen LogP contribution in [0.15, 0.2) is 64.7 Å². The average molecular weight is 483 g/mol. The van der Waals surface area contributed by atoms with Crippen LogP contribution in [0.4, 0.5) is 5.95 Å². The van der Waals surface area contributed by atoms with E-state index in [2.05, 4.69) is 28.7 Å². The Labute approximate surface area is 200 Å². The number of aromatic nitrogens is 3. The Morgan fingerprint density at radius 2 is 1.79 bits per heavy atom. The van der Waals surface area contributed by atoms with Gasteiger partial charge in [-0.1, -0.05) is 13.8 Å². The summed E-state index contributed by atoms with van der Waals surface area (Å²) in [5, 5.41) is 0. The van der Waals surface area contributed by atoms with Crippen molar-refractivity contribution in [2.45, 2.75) is 56.6 Å². The van der Waals surface area contributed by atoms with Gasteiger partial charge < -0.3 is 9.64 Å². The van der Waals surface area contributed by atoms with E-state index in [0.29, 0.717) is 11.4 Å². The standard InChI is InChI=1S/C25H30N4O4S/c1-4-18-16-26-25(27-17-18)29-13-11-21(14-19(29)5-2)33-22-10-12-28(24(30)15-22)20-6-8-23(9-7-20)34(3,31)32/h6-10,12,15-17,19,21H,4-5,11,13-14H2,1-3H3/t19-,21-/m1/s1. The number of hydrogen-bond acceptors (Lipinski definition) is 7. The molecule has 1 fully saturated rings. The van der Waals surface area contributed by atoms with Gasteiger partial charge in [-0.2, -0.15) is 0 Å². The van der Waals surface area contributed by atoms with E-state index in [4.69, 9.17) is 4.74 Å². The predicted molar refractivity (Wildman–Crippen MR) is 132 cm³/mol. The Kier molecular flexibility index (Phi) is 7.02. The maximum absolute atomic E-state index is 12.7. The van der Waals surface area contributed by atoms with Gasteiger partial charge in [0, 0.05) is 62.0 Å². The van der Waals surface area contributed by atoms with Gasteiger partial charge in [0.15, 0.2) is 9.84 Å². The predicted octanol–water partition coefficient (Wildman–Crippen LogP) is 3.42. The van der Waals surface area contributed by atoms with Gasteiger partial charge in [0.05, 0.1) is 4.90 Å². The second kappa shape index (κ2) is 9.97. The second-order valence-corrected chi connectivity index (χ2v) is 10.6. The van der Waals surface area contributed by atoms with Crippen molar-refractivity contribution in [3.05, 3.63) is 70.9 Å². The molecule has 4 rings (SSSR count). The first-order valence-electron chi connectivity index (χ1n) is 11.6. The summed E-state index contributed by atoms with van der Waals surface area (Å²) >= 11 is 0. The lowest BCUT2D eigenvalue weighted by atomic mass is 9.97. The van der Waals surface area contributed by atoms with Gasteiger partial charge in [-0.25, -0.2) is 18.4 Å². The van der Waals surface area contributed by atoms with Crippen molar-refractivity contribution in [1.29, 1.82) is 0 Å². The Morgan fingerprint density at radius 3 is 2.38 bits per heavy atom. The number of anilines is 1. The zero-order valence-corrected chi connectivity index (χ0v) is 20.5. The zero-order chi connectivity index (χ0) is 24.3. The molecule has 34 heavy (non-hydrogen) atoms. The summed E-state index contributed by atoms with van der Waals surface area (Å²) in [5.41, 5.74) is 1.48. The van der Waals surface area contributed by atoms with E-state index < -0.39 is 9.84 Å². The minimum Gasteiger partial charge on any atom is -0.490 e. The number of pyridine rings is 1. The fourth-order valence-electron chi connectivity index (χ4n) is 4.24. The molecule has 0 bridgehead atoms. The van der Waals surface area contributed by atoms with Gasteiger partial charge in [0.25, 0.3) is 5.56 Å². The number of hydrogen-bond donors (Lipinski definition) is 0. The molecule has 9 heteroatoms. The summed E-state index contributed by atoms with van der Waals surface area (Å²) in [6.45, 7) is 5.03. The van der Waals surface area contributed by atoms with Crippen molar-refractivity contribution in [3.63, 3.8) is 0 Å². The molecule has 0 N–H and O–H groups in total. The molecule has 0 saturated carbocycles. The third-order valence-corrected chi connectivity index (χ3v) is 7.36. The average Bonchev–Trinajstić information content (AvgIpc) is 2.84. The molecular weight excluding hydrogens is 452 g/mol. The van der Waals surface area contributed by atoms with Crippen LogP contribution >= 0.6 is 0 Å². The summed E-state index contributed by atoms with van der Waals surface area (Å²) < 4.78 is 31.0. The number of rotatable bonds is 7. The third-order valence-electron chi connectivity index (χ3n) is 6.23. The molecular formula is C25H30N4O4S. The lowest BCUT2D eigenvalue weighted by Crippen LogP contribution is -2.46. The van der Waals surface area contributed by atoms with E-state index >= 15 is 0 Å². The highest BCUT2D eigenvalue weighted by Crippen LogP contribution is 2.27. The molecule has 2 atom stereocenters. The SMILES string of the molecule is CCc1cnc(N2CC[C@@H](Oc3ccn(-c4ccc(S(C)(=O)=O)cc4)c(=O)c3)C[C@H]2CC)nc1. The first-order valence-corrected chi connectivity index (χ1v) is 13.4. The number of ether oxygens (including phenoxy) is 1. The molecule has 0 spiro atoms. The molecule has 0 unspecified atom stereocenters. The normalized spacial score (nSPS) is 18.6.